The second kappa shape index (κ2) is 5.09. The summed E-state index contributed by atoms with van der Waals surface area (Å²) in [4.78, 5) is 30.4. The molecule has 0 aliphatic carbocycles. The van der Waals surface area contributed by atoms with Crippen LogP contribution in [0.1, 0.15) is 20.7 Å². The lowest BCUT2D eigenvalue weighted by Crippen LogP contribution is -2.13. The Hall–Kier alpha value is -3.56. The molecule has 0 saturated carbocycles. The minimum absolute atomic E-state index is 0.0891. The Morgan fingerprint density at radius 3 is 1.50 bits per heavy atom. The van der Waals surface area contributed by atoms with E-state index in [9.17, 15) is 19.8 Å². The van der Waals surface area contributed by atoms with Gasteiger partial charge in [-0.05, 0) is 12.1 Å². The second-order valence-electron chi connectivity index (χ2n) is 4.18. The van der Waals surface area contributed by atoms with Gasteiger partial charge in [0.2, 0.25) is 0 Å². The molecule has 2 aromatic heterocycles. The Labute approximate surface area is 122 Å². The Kier molecular flexibility index (Phi) is 3.10. The fourth-order valence-electron chi connectivity index (χ4n) is 1.96. The highest BCUT2D eigenvalue weighted by atomic mass is 16.4. The standard InChI is InChI=1S/C12H8N6O4/c19-11(20)7-1-9(17-5-13-3-15-17)8(12(21)22)2-10(7)18-6-14-4-16-18/h1-6H,(H,19,20)(H,21,22). The number of carboxylic acid groups (broad SMARTS) is 2. The van der Waals surface area contributed by atoms with Gasteiger partial charge in [-0.25, -0.2) is 28.9 Å². The Morgan fingerprint density at radius 2 is 1.23 bits per heavy atom. The third kappa shape index (κ3) is 2.18. The van der Waals surface area contributed by atoms with Gasteiger partial charge in [-0.1, -0.05) is 0 Å². The van der Waals surface area contributed by atoms with E-state index in [1.165, 1.54) is 46.8 Å². The number of aromatic nitrogens is 6. The lowest BCUT2D eigenvalue weighted by Gasteiger charge is -2.11. The Morgan fingerprint density at radius 1 is 0.818 bits per heavy atom. The van der Waals surface area contributed by atoms with Crippen LogP contribution >= 0.6 is 0 Å². The summed E-state index contributed by atoms with van der Waals surface area (Å²) in [6, 6.07) is 2.41. The maximum Gasteiger partial charge on any atom is 0.337 e. The summed E-state index contributed by atoms with van der Waals surface area (Å²) >= 11 is 0. The highest BCUT2D eigenvalue weighted by Gasteiger charge is 2.21. The van der Waals surface area contributed by atoms with Crippen LogP contribution in [-0.2, 0) is 0 Å². The molecule has 0 aliphatic heterocycles. The summed E-state index contributed by atoms with van der Waals surface area (Å²) in [7, 11) is 0. The molecule has 0 amide bonds. The molecule has 0 fully saturated rings. The van der Waals surface area contributed by atoms with Crippen molar-refractivity contribution < 1.29 is 19.8 Å². The molecule has 2 heterocycles. The van der Waals surface area contributed by atoms with Crippen LogP contribution in [-0.4, -0.2) is 51.7 Å². The quantitative estimate of drug-likeness (QED) is 0.699. The maximum absolute atomic E-state index is 11.5. The molecule has 0 radical (unpaired) electrons. The molecule has 3 rings (SSSR count). The minimum atomic E-state index is -1.23. The van der Waals surface area contributed by atoms with E-state index < -0.39 is 11.9 Å². The molecule has 0 saturated heterocycles. The van der Waals surface area contributed by atoms with E-state index in [-0.39, 0.29) is 22.5 Å². The number of carboxylic acids is 2. The number of hydrogen-bond acceptors (Lipinski definition) is 6. The van der Waals surface area contributed by atoms with Gasteiger partial charge in [0, 0.05) is 0 Å². The van der Waals surface area contributed by atoms with E-state index >= 15 is 0 Å². The fraction of sp³-hybridized carbons (Fsp3) is 0. The molecule has 22 heavy (non-hydrogen) atoms. The van der Waals surface area contributed by atoms with Crippen LogP contribution in [0.4, 0.5) is 0 Å². The van der Waals surface area contributed by atoms with Crippen molar-refractivity contribution in [3.05, 3.63) is 48.6 Å². The first kappa shape index (κ1) is 13.4. The van der Waals surface area contributed by atoms with Crippen LogP contribution in [0.5, 0.6) is 0 Å². The molecular weight excluding hydrogens is 292 g/mol. The van der Waals surface area contributed by atoms with Crippen LogP contribution in [0.2, 0.25) is 0 Å². The smallest absolute Gasteiger partial charge is 0.337 e. The van der Waals surface area contributed by atoms with Crippen molar-refractivity contribution in [2.24, 2.45) is 0 Å². The summed E-state index contributed by atoms with van der Waals surface area (Å²) in [5.74, 6) is -2.47. The zero-order valence-corrected chi connectivity index (χ0v) is 10.9. The van der Waals surface area contributed by atoms with Gasteiger partial charge in [-0.15, -0.1) is 0 Å². The van der Waals surface area contributed by atoms with Crippen molar-refractivity contribution in [2.45, 2.75) is 0 Å². The van der Waals surface area contributed by atoms with Gasteiger partial charge in [0.15, 0.2) is 0 Å². The number of nitrogens with zero attached hydrogens (tertiary/aromatic N) is 6. The monoisotopic (exact) mass is 300 g/mol. The van der Waals surface area contributed by atoms with Crippen LogP contribution in [0.3, 0.4) is 0 Å². The predicted octanol–water partition coefficient (Wildman–Crippen LogP) is 0.244. The second-order valence-corrected chi connectivity index (χ2v) is 4.18. The van der Waals surface area contributed by atoms with Gasteiger partial charge in [0.25, 0.3) is 0 Å². The first-order chi connectivity index (χ1) is 10.6. The molecule has 0 bridgehead atoms. The Balaban J connectivity index is 2.31. The first-order valence-electron chi connectivity index (χ1n) is 5.92. The number of rotatable bonds is 4. The number of aromatic carboxylic acids is 2. The normalized spacial score (nSPS) is 10.5. The van der Waals surface area contributed by atoms with Gasteiger partial charge >= 0.3 is 11.9 Å². The van der Waals surface area contributed by atoms with Gasteiger partial charge in [0.05, 0.1) is 22.5 Å². The number of hydrogen-bond donors (Lipinski definition) is 2. The summed E-state index contributed by atoms with van der Waals surface area (Å²) in [5, 5.41) is 26.4. The summed E-state index contributed by atoms with van der Waals surface area (Å²) < 4.78 is 2.36. The average Bonchev–Trinajstić information content (AvgIpc) is 3.19. The van der Waals surface area contributed by atoms with Crippen molar-refractivity contribution in [3.63, 3.8) is 0 Å². The summed E-state index contributed by atoms with van der Waals surface area (Å²) in [5.41, 5.74) is -0.0977. The highest BCUT2D eigenvalue weighted by Crippen LogP contribution is 2.23. The zero-order valence-electron chi connectivity index (χ0n) is 10.9. The highest BCUT2D eigenvalue weighted by molar-refractivity contribution is 5.98. The van der Waals surface area contributed by atoms with Crippen molar-refractivity contribution in [1.29, 1.82) is 0 Å². The van der Waals surface area contributed by atoms with Crippen molar-refractivity contribution in [1.82, 2.24) is 29.5 Å². The molecule has 10 nitrogen and oxygen atoms in total. The first-order valence-corrected chi connectivity index (χ1v) is 5.92. The molecule has 0 unspecified atom stereocenters. The minimum Gasteiger partial charge on any atom is -0.478 e. The van der Waals surface area contributed by atoms with Crippen molar-refractivity contribution in [3.8, 4) is 11.4 Å². The van der Waals surface area contributed by atoms with Gasteiger partial charge < -0.3 is 10.2 Å². The molecule has 0 aliphatic rings. The fourth-order valence-corrected chi connectivity index (χ4v) is 1.96. The molecule has 1 aromatic carbocycles. The number of benzene rings is 1. The third-order valence-electron chi connectivity index (χ3n) is 2.91. The summed E-state index contributed by atoms with van der Waals surface area (Å²) in [6.07, 6.45) is 5.00. The molecule has 2 N–H and O–H groups in total. The topological polar surface area (TPSA) is 136 Å². The Bertz CT molecular complexity index is 769. The lowest BCUT2D eigenvalue weighted by atomic mass is 10.1. The van der Waals surface area contributed by atoms with Crippen LogP contribution in [0.15, 0.2) is 37.4 Å². The van der Waals surface area contributed by atoms with E-state index in [2.05, 4.69) is 20.2 Å². The number of carbonyl (C=O) groups is 2. The van der Waals surface area contributed by atoms with Gasteiger partial charge in [-0.2, -0.15) is 10.2 Å². The van der Waals surface area contributed by atoms with E-state index in [4.69, 9.17) is 0 Å². The summed E-state index contributed by atoms with van der Waals surface area (Å²) in [6.45, 7) is 0. The largest absolute Gasteiger partial charge is 0.478 e. The third-order valence-corrected chi connectivity index (χ3v) is 2.91. The van der Waals surface area contributed by atoms with Gasteiger partial charge in [-0.3, -0.25) is 0 Å². The average molecular weight is 300 g/mol. The van der Waals surface area contributed by atoms with E-state index in [0.29, 0.717) is 0 Å². The maximum atomic E-state index is 11.5. The van der Waals surface area contributed by atoms with Gasteiger partial charge in [0.1, 0.15) is 25.3 Å². The SMILES string of the molecule is O=C(O)c1cc(-n2cncn2)c(C(=O)O)cc1-n1cncn1. The van der Waals surface area contributed by atoms with E-state index in [0.717, 1.165) is 0 Å². The predicted molar refractivity (Wildman–Crippen MR) is 70.2 cm³/mol. The molecule has 110 valence electrons. The zero-order chi connectivity index (χ0) is 15.7. The molecule has 0 spiro atoms. The van der Waals surface area contributed by atoms with E-state index in [1.54, 1.807) is 0 Å². The van der Waals surface area contributed by atoms with Crippen LogP contribution in [0.25, 0.3) is 11.4 Å². The van der Waals surface area contributed by atoms with E-state index in [1.807, 2.05) is 0 Å². The van der Waals surface area contributed by atoms with Crippen LogP contribution < -0.4 is 0 Å². The lowest BCUT2D eigenvalue weighted by molar-refractivity contribution is 0.0681. The van der Waals surface area contributed by atoms with Crippen molar-refractivity contribution >= 4 is 11.9 Å². The molecule has 0 atom stereocenters. The molecular formula is C12H8N6O4. The van der Waals surface area contributed by atoms with Crippen molar-refractivity contribution in [2.75, 3.05) is 0 Å². The molecule has 10 heteroatoms. The molecule has 3 aromatic rings. The van der Waals surface area contributed by atoms with Crippen LogP contribution in [0, 0.1) is 0 Å².